The van der Waals surface area contributed by atoms with Crippen LogP contribution in [0.2, 0.25) is 0 Å². The van der Waals surface area contributed by atoms with Crippen LogP contribution in [0.1, 0.15) is 80.1 Å². The molecule has 2 aliphatic rings. The van der Waals surface area contributed by atoms with Gasteiger partial charge in [-0.2, -0.15) is 19.4 Å². The number of rotatable bonds is 2. The van der Waals surface area contributed by atoms with E-state index in [2.05, 4.69) is 51.3 Å². The predicted molar refractivity (Wildman–Crippen MR) is 96.3 cm³/mol. The van der Waals surface area contributed by atoms with Crippen molar-refractivity contribution >= 4 is 12.3 Å². The van der Waals surface area contributed by atoms with Gasteiger partial charge in [0.25, 0.3) is 0 Å². The Morgan fingerprint density at radius 3 is 1.35 bits per heavy atom. The van der Waals surface area contributed by atoms with Gasteiger partial charge < -0.3 is 9.47 Å². The topological polar surface area (TPSA) is 71.1 Å². The molecule has 0 bridgehead atoms. The molecule has 0 heterocycles. The first kappa shape index (κ1) is 20.8. The normalized spacial score (nSPS) is 33.0. The molecule has 4 atom stereocenters. The van der Waals surface area contributed by atoms with Crippen LogP contribution >= 0.6 is 0 Å². The zero-order valence-electron chi connectivity index (χ0n) is 17.0. The summed E-state index contributed by atoms with van der Waals surface area (Å²) in [6, 6.07) is 0. The standard InChI is InChI=1S/C20H34O6/c1-13-7-15(11-19(3,4)9-13)23-17(21)25-26-18(22)24-16-8-14(2)10-20(5,6)12-16/h13-16H,7-12H2,1-6H3. The lowest BCUT2D eigenvalue weighted by Gasteiger charge is -2.38. The maximum atomic E-state index is 11.8. The largest absolute Gasteiger partial charge is 0.550 e. The number of hydrogen-bond donors (Lipinski definition) is 0. The molecule has 0 aliphatic heterocycles. The summed E-state index contributed by atoms with van der Waals surface area (Å²) in [4.78, 5) is 32.6. The van der Waals surface area contributed by atoms with Crippen molar-refractivity contribution in [2.24, 2.45) is 22.7 Å². The maximum Gasteiger partial charge on any atom is 0.550 e. The summed E-state index contributed by atoms with van der Waals surface area (Å²) in [5.74, 6) is 0.943. The molecule has 2 saturated carbocycles. The van der Waals surface area contributed by atoms with Crippen molar-refractivity contribution in [2.75, 3.05) is 0 Å². The Kier molecular flexibility index (Phi) is 6.46. The van der Waals surface area contributed by atoms with Gasteiger partial charge in [0.1, 0.15) is 12.2 Å². The third-order valence-electron chi connectivity index (χ3n) is 5.40. The summed E-state index contributed by atoms with van der Waals surface area (Å²) in [6.07, 6.45) is 2.89. The highest BCUT2D eigenvalue weighted by Crippen LogP contribution is 2.40. The Labute approximate surface area is 156 Å². The molecule has 150 valence electrons. The molecule has 2 rings (SSSR count). The molecule has 4 unspecified atom stereocenters. The number of carbonyl (C=O) groups is 2. The molecule has 0 aromatic carbocycles. The van der Waals surface area contributed by atoms with E-state index >= 15 is 0 Å². The van der Waals surface area contributed by atoms with Crippen molar-refractivity contribution in [3.63, 3.8) is 0 Å². The summed E-state index contributed by atoms with van der Waals surface area (Å²) in [5, 5.41) is 0. The fourth-order valence-electron chi connectivity index (χ4n) is 5.08. The van der Waals surface area contributed by atoms with E-state index in [1.807, 2.05) is 0 Å². The lowest BCUT2D eigenvalue weighted by Crippen LogP contribution is -2.35. The molecule has 0 N–H and O–H groups in total. The Morgan fingerprint density at radius 1 is 0.692 bits per heavy atom. The molecule has 0 saturated heterocycles. The summed E-state index contributed by atoms with van der Waals surface area (Å²) in [5.41, 5.74) is 0.236. The van der Waals surface area contributed by atoms with Gasteiger partial charge in [0.15, 0.2) is 0 Å². The predicted octanol–water partition coefficient (Wildman–Crippen LogP) is 5.64. The van der Waals surface area contributed by atoms with Crippen LogP contribution < -0.4 is 0 Å². The molecule has 6 heteroatoms. The van der Waals surface area contributed by atoms with Crippen LogP contribution in [0.3, 0.4) is 0 Å². The van der Waals surface area contributed by atoms with Crippen LogP contribution in [0.25, 0.3) is 0 Å². The SMILES string of the molecule is CC1CC(OC(=O)OOC(=O)OC2CC(C)CC(C)(C)C2)CC(C)(C)C1. The Morgan fingerprint density at radius 2 is 1.04 bits per heavy atom. The second-order valence-electron chi connectivity index (χ2n) is 9.97. The third kappa shape index (κ3) is 6.69. The van der Waals surface area contributed by atoms with Crippen LogP contribution in [-0.4, -0.2) is 24.5 Å². The Bertz CT molecular complexity index is 466. The van der Waals surface area contributed by atoms with Gasteiger partial charge in [-0.05, 0) is 61.2 Å². The molecule has 0 aromatic heterocycles. The zero-order chi connectivity index (χ0) is 19.5. The summed E-state index contributed by atoms with van der Waals surface area (Å²) in [7, 11) is 0. The molecule has 2 fully saturated rings. The smallest absolute Gasteiger partial charge is 0.428 e. The quantitative estimate of drug-likeness (QED) is 0.356. The summed E-state index contributed by atoms with van der Waals surface area (Å²) in [6.45, 7) is 12.9. The van der Waals surface area contributed by atoms with Crippen molar-refractivity contribution in [3.8, 4) is 0 Å². The van der Waals surface area contributed by atoms with Gasteiger partial charge in [-0.25, -0.2) is 0 Å². The highest BCUT2D eigenvalue weighted by Gasteiger charge is 2.36. The zero-order valence-corrected chi connectivity index (χ0v) is 17.0. The minimum absolute atomic E-state index is 0.118. The van der Waals surface area contributed by atoms with Crippen molar-refractivity contribution in [1.29, 1.82) is 0 Å². The van der Waals surface area contributed by atoms with E-state index < -0.39 is 12.3 Å². The molecule has 26 heavy (non-hydrogen) atoms. The maximum absolute atomic E-state index is 11.8. The number of ether oxygens (including phenoxy) is 2. The highest BCUT2D eigenvalue weighted by molar-refractivity contribution is 5.63. The fourth-order valence-corrected chi connectivity index (χ4v) is 5.08. The second-order valence-corrected chi connectivity index (χ2v) is 9.97. The third-order valence-corrected chi connectivity index (χ3v) is 5.40. The van der Waals surface area contributed by atoms with E-state index in [9.17, 15) is 9.59 Å². The van der Waals surface area contributed by atoms with Gasteiger partial charge in [-0.3, -0.25) is 0 Å². The van der Waals surface area contributed by atoms with E-state index in [1.54, 1.807) is 0 Å². The van der Waals surface area contributed by atoms with Crippen molar-refractivity contribution < 1.29 is 28.8 Å². The van der Waals surface area contributed by atoms with Gasteiger partial charge in [-0.15, -0.1) is 0 Å². The Hall–Kier alpha value is -1.46. The van der Waals surface area contributed by atoms with E-state index in [-0.39, 0.29) is 23.0 Å². The average Bonchev–Trinajstić information content (AvgIpc) is 2.40. The summed E-state index contributed by atoms with van der Waals surface area (Å²) < 4.78 is 10.6. The van der Waals surface area contributed by atoms with Crippen LogP contribution in [0, 0.1) is 22.7 Å². The molecule has 6 nitrogen and oxygen atoms in total. The first-order chi connectivity index (χ1) is 11.9. The molecule has 2 aliphatic carbocycles. The van der Waals surface area contributed by atoms with Crippen LogP contribution in [0.4, 0.5) is 9.59 Å². The van der Waals surface area contributed by atoms with Gasteiger partial charge in [0, 0.05) is 0 Å². The lowest BCUT2D eigenvalue weighted by molar-refractivity contribution is -0.229. The van der Waals surface area contributed by atoms with Crippen LogP contribution in [0.5, 0.6) is 0 Å². The second kappa shape index (κ2) is 8.05. The van der Waals surface area contributed by atoms with Crippen LogP contribution in [-0.2, 0) is 19.2 Å². The molecule has 0 spiro atoms. The van der Waals surface area contributed by atoms with Gasteiger partial charge >= 0.3 is 12.3 Å². The molecule has 0 aromatic rings. The number of carbonyl (C=O) groups excluding carboxylic acids is 2. The van der Waals surface area contributed by atoms with Crippen molar-refractivity contribution in [2.45, 2.75) is 92.3 Å². The van der Waals surface area contributed by atoms with Gasteiger partial charge in [0.05, 0.1) is 0 Å². The van der Waals surface area contributed by atoms with Gasteiger partial charge in [-0.1, -0.05) is 41.5 Å². The minimum Gasteiger partial charge on any atom is -0.428 e. The van der Waals surface area contributed by atoms with Crippen molar-refractivity contribution in [1.82, 2.24) is 0 Å². The average molecular weight is 370 g/mol. The number of hydrogen-bond acceptors (Lipinski definition) is 6. The Balaban J connectivity index is 1.72. The first-order valence-electron chi connectivity index (χ1n) is 9.70. The van der Waals surface area contributed by atoms with E-state index in [0.717, 1.165) is 38.5 Å². The molecule has 0 amide bonds. The van der Waals surface area contributed by atoms with Crippen LogP contribution in [0.15, 0.2) is 0 Å². The van der Waals surface area contributed by atoms with E-state index in [1.165, 1.54) is 0 Å². The van der Waals surface area contributed by atoms with Gasteiger partial charge in [0.2, 0.25) is 0 Å². The molecular weight excluding hydrogens is 336 g/mol. The highest BCUT2D eigenvalue weighted by atomic mass is 17.3. The monoisotopic (exact) mass is 370 g/mol. The molecule has 0 radical (unpaired) electrons. The molecular formula is C20H34O6. The van der Waals surface area contributed by atoms with E-state index in [4.69, 9.17) is 9.47 Å². The summed E-state index contributed by atoms with van der Waals surface area (Å²) >= 11 is 0. The fraction of sp³-hybridized carbons (Fsp3) is 0.900. The minimum atomic E-state index is -0.991. The first-order valence-corrected chi connectivity index (χ1v) is 9.70. The van der Waals surface area contributed by atoms with Crippen molar-refractivity contribution in [3.05, 3.63) is 0 Å². The van der Waals surface area contributed by atoms with E-state index in [0.29, 0.717) is 11.8 Å². The lowest BCUT2D eigenvalue weighted by atomic mass is 9.71.